The summed E-state index contributed by atoms with van der Waals surface area (Å²) in [5, 5.41) is 4.12. The highest BCUT2D eigenvalue weighted by molar-refractivity contribution is 6.00. The average Bonchev–Trinajstić information content (AvgIpc) is 3.18. The minimum atomic E-state index is 0.0353. The molecule has 1 fully saturated rings. The van der Waals surface area contributed by atoms with Crippen molar-refractivity contribution in [3.8, 4) is 22.8 Å². The van der Waals surface area contributed by atoms with Crippen molar-refractivity contribution in [1.29, 1.82) is 0 Å². The van der Waals surface area contributed by atoms with Crippen molar-refractivity contribution >= 4 is 5.91 Å². The van der Waals surface area contributed by atoms with E-state index in [9.17, 15) is 4.79 Å². The predicted octanol–water partition coefficient (Wildman–Crippen LogP) is 4.73. The quantitative estimate of drug-likeness (QED) is 0.677. The molecule has 0 radical (unpaired) electrons. The van der Waals surface area contributed by atoms with Crippen LogP contribution in [-0.4, -0.2) is 33.5 Å². The van der Waals surface area contributed by atoms with E-state index < -0.39 is 0 Å². The van der Waals surface area contributed by atoms with Gasteiger partial charge in [0, 0.05) is 18.2 Å². The molecule has 4 rings (SSSR count). The number of aromatic nitrogens is 2. The molecule has 1 atom stereocenters. The van der Waals surface area contributed by atoms with Crippen LogP contribution in [0.15, 0.2) is 53.1 Å². The van der Waals surface area contributed by atoms with Gasteiger partial charge in [0.25, 0.3) is 11.8 Å². The Bertz CT molecular complexity index is 963. The summed E-state index contributed by atoms with van der Waals surface area (Å²) in [5.41, 5.74) is 3.34. The van der Waals surface area contributed by atoms with Crippen LogP contribution >= 0.6 is 0 Å². The van der Waals surface area contributed by atoms with Gasteiger partial charge in [-0.2, -0.15) is 4.98 Å². The number of carbonyl (C=O) groups excluding carboxylic acids is 1. The van der Waals surface area contributed by atoms with Crippen LogP contribution in [0.1, 0.15) is 42.1 Å². The zero-order valence-electron chi connectivity index (χ0n) is 15.7. The zero-order valence-corrected chi connectivity index (χ0v) is 15.7. The van der Waals surface area contributed by atoms with E-state index >= 15 is 0 Å². The van der Waals surface area contributed by atoms with Crippen molar-refractivity contribution in [2.45, 2.75) is 39.2 Å². The number of likely N-dealkylation sites (tertiary alicyclic amines) is 1. The summed E-state index contributed by atoms with van der Waals surface area (Å²) >= 11 is 0. The minimum Gasteiger partial charge on any atom is -0.336 e. The molecular weight excluding hydrogens is 338 g/mol. The van der Waals surface area contributed by atoms with Gasteiger partial charge in [0.2, 0.25) is 5.82 Å². The Hall–Kier alpha value is -2.95. The molecule has 0 N–H and O–H groups in total. The van der Waals surface area contributed by atoms with Crippen molar-refractivity contribution in [3.05, 3.63) is 59.7 Å². The molecular formula is C22H23N3O2. The Balaban J connectivity index is 1.68. The van der Waals surface area contributed by atoms with Crippen LogP contribution in [0, 0.1) is 6.92 Å². The molecule has 138 valence electrons. The van der Waals surface area contributed by atoms with Gasteiger partial charge in [-0.05, 0) is 51.3 Å². The SMILES string of the molecule is Cc1cccc(-c2noc(-c3ccccc3C(=O)N3CCCC[C@@H]3C)n2)c1. The van der Waals surface area contributed by atoms with E-state index in [-0.39, 0.29) is 11.9 Å². The monoisotopic (exact) mass is 361 g/mol. The fourth-order valence-corrected chi connectivity index (χ4v) is 3.64. The van der Waals surface area contributed by atoms with Gasteiger partial charge in [0.15, 0.2) is 0 Å². The molecule has 1 aliphatic rings. The van der Waals surface area contributed by atoms with E-state index in [0.29, 0.717) is 22.8 Å². The largest absolute Gasteiger partial charge is 0.336 e. The average molecular weight is 361 g/mol. The first-order valence-corrected chi connectivity index (χ1v) is 9.44. The molecule has 0 saturated carbocycles. The predicted molar refractivity (Wildman–Crippen MR) is 104 cm³/mol. The summed E-state index contributed by atoms with van der Waals surface area (Å²) < 4.78 is 5.52. The standard InChI is InChI=1S/C22H23N3O2/c1-15-8-7-10-17(14-15)20-23-21(27-24-20)18-11-3-4-12-19(18)22(26)25-13-6-5-9-16(25)2/h3-4,7-8,10-12,14,16H,5-6,9,13H2,1-2H3/t16-/m0/s1. The van der Waals surface area contributed by atoms with E-state index in [1.807, 2.05) is 60.4 Å². The molecule has 0 unspecified atom stereocenters. The maximum absolute atomic E-state index is 13.2. The van der Waals surface area contributed by atoms with Crippen LogP contribution in [0.25, 0.3) is 22.8 Å². The van der Waals surface area contributed by atoms with E-state index in [0.717, 1.165) is 30.5 Å². The van der Waals surface area contributed by atoms with Crippen molar-refractivity contribution in [3.63, 3.8) is 0 Å². The topological polar surface area (TPSA) is 59.2 Å². The Kier molecular flexibility index (Phi) is 4.75. The second kappa shape index (κ2) is 7.35. The van der Waals surface area contributed by atoms with Crippen molar-refractivity contribution < 1.29 is 9.32 Å². The summed E-state index contributed by atoms with van der Waals surface area (Å²) in [6, 6.07) is 15.7. The van der Waals surface area contributed by atoms with Crippen LogP contribution in [0.5, 0.6) is 0 Å². The fourth-order valence-electron chi connectivity index (χ4n) is 3.64. The van der Waals surface area contributed by atoms with Crippen molar-refractivity contribution in [2.24, 2.45) is 0 Å². The molecule has 1 amide bonds. The third-order valence-electron chi connectivity index (χ3n) is 5.15. The summed E-state index contributed by atoms with van der Waals surface area (Å²) in [6.07, 6.45) is 3.28. The summed E-state index contributed by atoms with van der Waals surface area (Å²) in [5.74, 6) is 0.940. The van der Waals surface area contributed by atoms with Gasteiger partial charge in [-0.1, -0.05) is 41.1 Å². The lowest BCUT2D eigenvalue weighted by Gasteiger charge is -2.33. The Labute approximate surface area is 159 Å². The van der Waals surface area contributed by atoms with Crippen LogP contribution in [0.3, 0.4) is 0 Å². The first-order chi connectivity index (χ1) is 13.1. The highest BCUT2D eigenvalue weighted by Crippen LogP contribution is 2.28. The van der Waals surface area contributed by atoms with Crippen LogP contribution in [-0.2, 0) is 0 Å². The highest BCUT2D eigenvalue weighted by Gasteiger charge is 2.27. The number of amides is 1. The molecule has 0 spiro atoms. The van der Waals surface area contributed by atoms with Gasteiger partial charge in [-0.3, -0.25) is 4.79 Å². The first-order valence-electron chi connectivity index (χ1n) is 9.44. The minimum absolute atomic E-state index is 0.0353. The Morgan fingerprint density at radius 2 is 2.00 bits per heavy atom. The third kappa shape index (κ3) is 3.50. The maximum atomic E-state index is 13.2. The molecule has 1 aromatic heterocycles. The molecule has 5 heteroatoms. The normalized spacial score (nSPS) is 17.1. The first kappa shape index (κ1) is 17.5. The number of nitrogens with zero attached hydrogens (tertiary/aromatic N) is 3. The number of benzene rings is 2. The van der Waals surface area contributed by atoms with Crippen LogP contribution in [0.2, 0.25) is 0 Å². The number of hydrogen-bond acceptors (Lipinski definition) is 4. The van der Waals surface area contributed by atoms with Gasteiger partial charge < -0.3 is 9.42 Å². The second-order valence-electron chi connectivity index (χ2n) is 7.18. The fraction of sp³-hybridized carbons (Fsp3) is 0.318. The molecule has 2 heterocycles. The van der Waals surface area contributed by atoms with E-state index in [2.05, 4.69) is 17.1 Å². The van der Waals surface area contributed by atoms with Crippen LogP contribution in [0.4, 0.5) is 0 Å². The summed E-state index contributed by atoms with van der Waals surface area (Å²) in [7, 11) is 0. The van der Waals surface area contributed by atoms with E-state index in [4.69, 9.17) is 4.52 Å². The zero-order chi connectivity index (χ0) is 18.8. The van der Waals surface area contributed by atoms with E-state index in [1.165, 1.54) is 6.42 Å². The molecule has 1 saturated heterocycles. The second-order valence-corrected chi connectivity index (χ2v) is 7.18. The van der Waals surface area contributed by atoms with E-state index in [1.54, 1.807) is 0 Å². The van der Waals surface area contributed by atoms with Gasteiger partial charge in [0.1, 0.15) is 0 Å². The maximum Gasteiger partial charge on any atom is 0.259 e. The van der Waals surface area contributed by atoms with Gasteiger partial charge in [-0.25, -0.2) is 0 Å². The number of hydrogen-bond donors (Lipinski definition) is 0. The molecule has 1 aliphatic heterocycles. The lowest BCUT2D eigenvalue weighted by molar-refractivity contribution is 0.0636. The molecule has 0 aliphatic carbocycles. The number of aryl methyl sites for hydroxylation is 1. The molecule has 0 bridgehead atoms. The number of carbonyl (C=O) groups is 1. The smallest absolute Gasteiger partial charge is 0.259 e. The Morgan fingerprint density at radius 3 is 2.81 bits per heavy atom. The lowest BCUT2D eigenvalue weighted by atomic mass is 10.00. The third-order valence-corrected chi connectivity index (χ3v) is 5.15. The van der Waals surface area contributed by atoms with Crippen molar-refractivity contribution in [2.75, 3.05) is 6.54 Å². The summed E-state index contributed by atoms with van der Waals surface area (Å²) in [4.78, 5) is 19.7. The highest BCUT2D eigenvalue weighted by atomic mass is 16.5. The van der Waals surface area contributed by atoms with Gasteiger partial charge >= 0.3 is 0 Å². The molecule has 5 nitrogen and oxygen atoms in total. The van der Waals surface area contributed by atoms with Gasteiger partial charge in [-0.15, -0.1) is 0 Å². The number of rotatable bonds is 3. The Morgan fingerprint density at radius 1 is 1.15 bits per heavy atom. The van der Waals surface area contributed by atoms with Crippen LogP contribution < -0.4 is 0 Å². The van der Waals surface area contributed by atoms with Gasteiger partial charge in [0.05, 0.1) is 11.1 Å². The molecule has 2 aromatic carbocycles. The summed E-state index contributed by atoms with van der Waals surface area (Å²) in [6.45, 7) is 4.94. The van der Waals surface area contributed by atoms with Crippen molar-refractivity contribution in [1.82, 2.24) is 15.0 Å². The molecule has 3 aromatic rings. The molecule has 27 heavy (non-hydrogen) atoms. The lowest BCUT2D eigenvalue weighted by Crippen LogP contribution is -2.42. The number of piperidine rings is 1.